The van der Waals surface area contributed by atoms with E-state index in [4.69, 9.17) is 0 Å². The number of anilines is 1. The predicted octanol–water partition coefficient (Wildman–Crippen LogP) is 4.64. The van der Waals surface area contributed by atoms with Crippen molar-refractivity contribution in [2.24, 2.45) is 11.3 Å². The molecule has 1 heterocycles. The SMILES string of the molecule is CC(C1CNc2ccc(Br)cc21)C(C)(C)C. The third kappa shape index (κ3) is 2.13. The second-order valence-corrected chi connectivity index (χ2v) is 6.79. The standard InChI is InChI=1S/C14H20BrN/c1-9(14(2,3)4)12-8-16-13-6-5-10(15)7-11(12)13/h5-7,9,12,16H,8H2,1-4H3. The van der Waals surface area contributed by atoms with Gasteiger partial charge in [-0.15, -0.1) is 0 Å². The summed E-state index contributed by atoms with van der Waals surface area (Å²) in [5.41, 5.74) is 3.14. The van der Waals surface area contributed by atoms with Crippen LogP contribution in [0.2, 0.25) is 0 Å². The molecule has 2 rings (SSSR count). The average molecular weight is 282 g/mol. The largest absolute Gasteiger partial charge is 0.384 e. The second kappa shape index (κ2) is 4.06. The highest BCUT2D eigenvalue weighted by molar-refractivity contribution is 9.10. The zero-order chi connectivity index (χ0) is 11.9. The molecule has 2 heteroatoms. The molecule has 0 aromatic heterocycles. The molecule has 2 unspecified atom stereocenters. The Bertz CT molecular complexity index is 392. The summed E-state index contributed by atoms with van der Waals surface area (Å²) in [7, 11) is 0. The van der Waals surface area contributed by atoms with Gasteiger partial charge in [0, 0.05) is 22.6 Å². The molecule has 0 amide bonds. The van der Waals surface area contributed by atoms with E-state index in [-0.39, 0.29) is 0 Å². The van der Waals surface area contributed by atoms with E-state index < -0.39 is 0 Å². The van der Waals surface area contributed by atoms with Crippen molar-refractivity contribution in [1.82, 2.24) is 0 Å². The van der Waals surface area contributed by atoms with Crippen molar-refractivity contribution in [3.8, 4) is 0 Å². The lowest BCUT2D eigenvalue weighted by Crippen LogP contribution is -2.25. The van der Waals surface area contributed by atoms with Crippen LogP contribution in [-0.4, -0.2) is 6.54 Å². The Hall–Kier alpha value is -0.500. The second-order valence-electron chi connectivity index (χ2n) is 5.87. The van der Waals surface area contributed by atoms with E-state index in [0.29, 0.717) is 17.3 Å². The summed E-state index contributed by atoms with van der Waals surface area (Å²) in [4.78, 5) is 0. The van der Waals surface area contributed by atoms with Gasteiger partial charge in [-0.05, 0) is 35.1 Å². The van der Waals surface area contributed by atoms with Gasteiger partial charge in [-0.25, -0.2) is 0 Å². The van der Waals surface area contributed by atoms with Gasteiger partial charge in [0.25, 0.3) is 0 Å². The molecule has 16 heavy (non-hydrogen) atoms. The molecule has 1 nitrogen and oxygen atoms in total. The molecular weight excluding hydrogens is 262 g/mol. The number of fused-ring (bicyclic) bond motifs is 1. The number of benzene rings is 1. The first-order valence-electron chi connectivity index (χ1n) is 5.93. The van der Waals surface area contributed by atoms with E-state index in [1.165, 1.54) is 15.7 Å². The van der Waals surface area contributed by atoms with Crippen molar-refractivity contribution < 1.29 is 0 Å². The van der Waals surface area contributed by atoms with Gasteiger partial charge in [-0.3, -0.25) is 0 Å². The number of rotatable bonds is 1. The summed E-state index contributed by atoms with van der Waals surface area (Å²) in [6, 6.07) is 6.55. The van der Waals surface area contributed by atoms with Gasteiger partial charge < -0.3 is 5.32 Å². The molecule has 1 aliphatic heterocycles. The van der Waals surface area contributed by atoms with Gasteiger partial charge in [0.1, 0.15) is 0 Å². The summed E-state index contributed by atoms with van der Waals surface area (Å²) in [6.45, 7) is 10.4. The maximum absolute atomic E-state index is 3.56. The summed E-state index contributed by atoms with van der Waals surface area (Å²) in [5.74, 6) is 1.31. The molecule has 0 saturated heterocycles. The van der Waals surface area contributed by atoms with Gasteiger partial charge in [0.2, 0.25) is 0 Å². The molecule has 1 aromatic carbocycles. The molecule has 1 N–H and O–H groups in total. The van der Waals surface area contributed by atoms with Crippen LogP contribution in [0.25, 0.3) is 0 Å². The summed E-state index contributed by atoms with van der Waals surface area (Å²) < 4.78 is 1.18. The van der Waals surface area contributed by atoms with Crippen molar-refractivity contribution in [2.45, 2.75) is 33.6 Å². The van der Waals surface area contributed by atoms with Gasteiger partial charge in [0.15, 0.2) is 0 Å². The normalized spacial score (nSPS) is 21.4. The van der Waals surface area contributed by atoms with Crippen molar-refractivity contribution in [2.75, 3.05) is 11.9 Å². The van der Waals surface area contributed by atoms with Crippen LogP contribution in [0.4, 0.5) is 5.69 Å². The fourth-order valence-electron chi connectivity index (χ4n) is 2.38. The highest BCUT2D eigenvalue weighted by Crippen LogP contribution is 2.44. The van der Waals surface area contributed by atoms with Crippen molar-refractivity contribution >= 4 is 21.6 Å². The fourth-order valence-corrected chi connectivity index (χ4v) is 2.76. The Balaban J connectivity index is 2.33. The third-order valence-electron chi connectivity index (χ3n) is 3.90. The Morgan fingerprint density at radius 3 is 2.69 bits per heavy atom. The van der Waals surface area contributed by atoms with Crippen LogP contribution in [0.3, 0.4) is 0 Å². The van der Waals surface area contributed by atoms with E-state index >= 15 is 0 Å². The van der Waals surface area contributed by atoms with Crippen LogP contribution in [0, 0.1) is 11.3 Å². The fraction of sp³-hybridized carbons (Fsp3) is 0.571. The van der Waals surface area contributed by atoms with Crippen LogP contribution >= 0.6 is 15.9 Å². The Morgan fingerprint density at radius 2 is 2.06 bits per heavy atom. The Labute approximate surface area is 107 Å². The first-order chi connectivity index (χ1) is 7.39. The van der Waals surface area contributed by atoms with Gasteiger partial charge >= 0.3 is 0 Å². The smallest absolute Gasteiger partial charge is 0.0377 e. The molecule has 88 valence electrons. The van der Waals surface area contributed by atoms with Crippen LogP contribution in [0.5, 0.6) is 0 Å². The van der Waals surface area contributed by atoms with E-state index in [0.717, 1.165) is 6.54 Å². The number of nitrogens with one attached hydrogen (secondary N) is 1. The van der Waals surface area contributed by atoms with Crippen molar-refractivity contribution in [3.63, 3.8) is 0 Å². The zero-order valence-corrected chi connectivity index (χ0v) is 12.1. The minimum atomic E-state index is 0.357. The maximum atomic E-state index is 3.56. The Kier molecular flexibility index (Phi) is 3.04. The minimum Gasteiger partial charge on any atom is -0.384 e. The average Bonchev–Trinajstić information content (AvgIpc) is 2.57. The molecule has 0 saturated carbocycles. The lowest BCUT2D eigenvalue weighted by atomic mass is 9.72. The monoisotopic (exact) mass is 281 g/mol. The summed E-state index contributed by atoms with van der Waals surface area (Å²) in [5, 5.41) is 3.51. The number of hydrogen-bond acceptors (Lipinski definition) is 1. The first-order valence-corrected chi connectivity index (χ1v) is 6.72. The number of halogens is 1. The quantitative estimate of drug-likeness (QED) is 0.791. The van der Waals surface area contributed by atoms with Crippen LogP contribution in [0.15, 0.2) is 22.7 Å². The third-order valence-corrected chi connectivity index (χ3v) is 4.39. The molecule has 0 radical (unpaired) electrons. The lowest BCUT2D eigenvalue weighted by molar-refractivity contribution is 0.228. The van der Waals surface area contributed by atoms with Crippen LogP contribution in [-0.2, 0) is 0 Å². The summed E-state index contributed by atoms with van der Waals surface area (Å²) in [6.07, 6.45) is 0. The van der Waals surface area contributed by atoms with E-state index in [9.17, 15) is 0 Å². The van der Waals surface area contributed by atoms with Gasteiger partial charge in [-0.2, -0.15) is 0 Å². The highest BCUT2D eigenvalue weighted by atomic mass is 79.9. The van der Waals surface area contributed by atoms with E-state index in [1.54, 1.807) is 0 Å². The van der Waals surface area contributed by atoms with Crippen LogP contribution in [0.1, 0.15) is 39.2 Å². The minimum absolute atomic E-state index is 0.357. The molecule has 0 fully saturated rings. The topological polar surface area (TPSA) is 12.0 Å². The molecule has 1 aromatic rings. The highest BCUT2D eigenvalue weighted by Gasteiger charge is 2.33. The van der Waals surface area contributed by atoms with Crippen molar-refractivity contribution in [3.05, 3.63) is 28.2 Å². The molecule has 0 bridgehead atoms. The molecule has 0 aliphatic carbocycles. The van der Waals surface area contributed by atoms with Crippen molar-refractivity contribution in [1.29, 1.82) is 0 Å². The Morgan fingerprint density at radius 1 is 1.38 bits per heavy atom. The van der Waals surface area contributed by atoms with E-state index in [1.807, 2.05) is 0 Å². The van der Waals surface area contributed by atoms with E-state index in [2.05, 4.69) is 67.1 Å². The first kappa shape index (κ1) is 12.0. The van der Waals surface area contributed by atoms with Crippen LogP contribution < -0.4 is 5.32 Å². The maximum Gasteiger partial charge on any atom is 0.0377 e. The van der Waals surface area contributed by atoms with Gasteiger partial charge in [0.05, 0.1) is 0 Å². The predicted molar refractivity (Wildman–Crippen MR) is 74.0 cm³/mol. The molecule has 2 atom stereocenters. The lowest BCUT2D eigenvalue weighted by Gasteiger charge is -2.32. The summed E-state index contributed by atoms with van der Waals surface area (Å²) >= 11 is 3.56. The zero-order valence-electron chi connectivity index (χ0n) is 10.5. The number of hydrogen-bond donors (Lipinski definition) is 1. The van der Waals surface area contributed by atoms with Gasteiger partial charge in [-0.1, -0.05) is 43.6 Å². The molecule has 1 aliphatic rings. The molecular formula is C14H20BrN. The molecule has 0 spiro atoms.